The number of thiophene rings is 1. The second-order valence-corrected chi connectivity index (χ2v) is 13.8. The summed E-state index contributed by atoms with van der Waals surface area (Å²) in [6.45, 7) is 17.2. The molecule has 0 bridgehead atoms. The van der Waals surface area contributed by atoms with Crippen LogP contribution < -0.4 is 10.7 Å². The highest BCUT2D eigenvalue weighted by Crippen LogP contribution is 2.38. The third-order valence-electron chi connectivity index (χ3n) is 9.15. The molecule has 0 saturated carbocycles. The van der Waals surface area contributed by atoms with Gasteiger partial charge in [-0.05, 0) is 92.8 Å². The molecule has 1 aromatic heterocycles. The molecular weight excluding hydrogens is 685 g/mol. The van der Waals surface area contributed by atoms with Gasteiger partial charge in [0.05, 0.1) is 22.4 Å². The normalized spacial score (nSPS) is 13.4. The number of carbonyl (C=O) groups is 2. The molecule has 50 heavy (non-hydrogen) atoms. The minimum atomic E-state index is -4.62. The van der Waals surface area contributed by atoms with Gasteiger partial charge in [0.1, 0.15) is 5.00 Å². The van der Waals surface area contributed by atoms with E-state index in [0.717, 1.165) is 106 Å². The standard InChI is InChI=1S/C37H48ClF3N6O2S/c1-5-45(6-2)18-20-47(21-19-46(7-3)8-4)25-27-12-11-13-28(22-27)34(48)43-36-33(29-14-9-10-15-32(29)50-36)35(49)44-42-24-26-16-17-31(38)30(23-26)37(39,40)41/h11-13,16-17,22-24H,5-10,14-15,18-21,25H2,1-4H3,(H,43,48)(H,44,49)/b42-24+. The van der Waals surface area contributed by atoms with Crippen LogP contribution >= 0.6 is 22.9 Å². The van der Waals surface area contributed by atoms with E-state index < -0.39 is 22.7 Å². The average Bonchev–Trinajstić information content (AvgIpc) is 3.47. The van der Waals surface area contributed by atoms with Crippen LogP contribution in [0.15, 0.2) is 47.6 Å². The maximum Gasteiger partial charge on any atom is 0.417 e. The summed E-state index contributed by atoms with van der Waals surface area (Å²) >= 11 is 7.12. The number of carbonyl (C=O) groups excluding carboxylic acids is 2. The molecule has 8 nitrogen and oxygen atoms in total. The molecule has 1 aliphatic carbocycles. The van der Waals surface area contributed by atoms with Crippen molar-refractivity contribution in [2.75, 3.05) is 57.7 Å². The number of nitrogens with zero attached hydrogens (tertiary/aromatic N) is 4. The van der Waals surface area contributed by atoms with Crippen LogP contribution in [0.3, 0.4) is 0 Å². The van der Waals surface area contributed by atoms with E-state index in [9.17, 15) is 22.8 Å². The number of anilines is 1. The Morgan fingerprint density at radius 2 is 1.52 bits per heavy atom. The molecule has 2 N–H and O–H groups in total. The number of likely N-dealkylation sites (N-methyl/N-ethyl adjacent to an activating group) is 2. The number of hydrazone groups is 1. The second kappa shape index (κ2) is 18.8. The van der Waals surface area contributed by atoms with Crippen molar-refractivity contribution in [1.82, 2.24) is 20.1 Å². The van der Waals surface area contributed by atoms with Crippen molar-refractivity contribution in [2.24, 2.45) is 5.10 Å². The fraction of sp³-hybridized carbons (Fsp3) is 0.486. The number of benzene rings is 2. The second-order valence-electron chi connectivity index (χ2n) is 12.3. The summed E-state index contributed by atoms with van der Waals surface area (Å²) in [7, 11) is 0. The Labute approximate surface area is 302 Å². The Balaban J connectivity index is 1.50. The van der Waals surface area contributed by atoms with Crippen LogP contribution in [0.1, 0.15) is 88.4 Å². The SMILES string of the molecule is CCN(CC)CCN(CCN(CC)CC)Cc1cccc(C(=O)Nc2sc3c(c2C(=O)N/N=C/c2ccc(Cl)c(C(F)(F)F)c2)CCCC3)c1. The first-order valence-corrected chi connectivity index (χ1v) is 18.6. The molecule has 0 aliphatic heterocycles. The van der Waals surface area contributed by atoms with Gasteiger partial charge < -0.3 is 15.1 Å². The molecule has 272 valence electrons. The molecule has 0 spiro atoms. The van der Waals surface area contributed by atoms with Crippen molar-refractivity contribution in [1.29, 1.82) is 0 Å². The van der Waals surface area contributed by atoms with E-state index in [-0.39, 0.29) is 11.5 Å². The van der Waals surface area contributed by atoms with Gasteiger partial charge in [-0.25, -0.2) is 5.43 Å². The number of alkyl halides is 3. The zero-order valence-electron chi connectivity index (χ0n) is 29.3. The molecule has 0 unspecified atom stereocenters. The molecule has 4 rings (SSSR count). The van der Waals surface area contributed by atoms with Crippen LogP contribution in [0.5, 0.6) is 0 Å². The smallest absolute Gasteiger partial charge is 0.313 e. The Kier molecular flexibility index (Phi) is 14.9. The molecule has 1 heterocycles. The van der Waals surface area contributed by atoms with E-state index >= 15 is 0 Å². The quantitative estimate of drug-likeness (QED) is 0.109. The van der Waals surface area contributed by atoms with Crippen LogP contribution in [0.25, 0.3) is 0 Å². The van der Waals surface area contributed by atoms with E-state index in [2.05, 4.69) is 58.2 Å². The van der Waals surface area contributed by atoms with Crippen LogP contribution in [0.2, 0.25) is 5.02 Å². The third-order valence-corrected chi connectivity index (χ3v) is 10.7. The summed E-state index contributed by atoms with van der Waals surface area (Å²) < 4.78 is 39.9. The van der Waals surface area contributed by atoms with E-state index in [1.54, 1.807) is 6.07 Å². The zero-order valence-corrected chi connectivity index (χ0v) is 30.9. The van der Waals surface area contributed by atoms with Crippen molar-refractivity contribution in [2.45, 2.75) is 66.1 Å². The van der Waals surface area contributed by atoms with Crippen LogP contribution in [-0.2, 0) is 25.6 Å². The summed E-state index contributed by atoms with van der Waals surface area (Å²) in [5.74, 6) is -0.853. The first kappa shape index (κ1) is 39.5. The Bertz CT molecular complexity index is 1600. The van der Waals surface area contributed by atoms with Gasteiger partial charge in [0.15, 0.2) is 0 Å². The first-order valence-electron chi connectivity index (χ1n) is 17.4. The lowest BCUT2D eigenvalue weighted by Gasteiger charge is -2.29. The van der Waals surface area contributed by atoms with Gasteiger partial charge in [0.25, 0.3) is 11.8 Å². The van der Waals surface area contributed by atoms with Gasteiger partial charge >= 0.3 is 6.18 Å². The lowest BCUT2D eigenvalue weighted by molar-refractivity contribution is -0.137. The number of nitrogens with one attached hydrogen (secondary N) is 2. The van der Waals surface area contributed by atoms with Gasteiger partial charge in [-0.15, -0.1) is 11.3 Å². The molecule has 0 atom stereocenters. The van der Waals surface area contributed by atoms with E-state index in [0.29, 0.717) is 29.1 Å². The van der Waals surface area contributed by atoms with Crippen molar-refractivity contribution < 1.29 is 22.8 Å². The molecule has 0 saturated heterocycles. The largest absolute Gasteiger partial charge is 0.417 e. The summed E-state index contributed by atoms with van der Waals surface area (Å²) in [6, 6.07) is 11.0. The maximum atomic E-state index is 13.7. The van der Waals surface area contributed by atoms with Gasteiger partial charge in [-0.2, -0.15) is 18.3 Å². The Morgan fingerprint density at radius 3 is 2.16 bits per heavy atom. The van der Waals surface area contributed by atoms with Crippen molar-refractivity contribution >= 4 is 46.0 Å². The molecule has 13 heteroatoms. The van der Waals surface area contributed by atoms with Gasteiger partial charge in [-0.1, -0.05) is 57.5 Å². The highest BCUT2D eigenvalue weighted by Gasteiger charge is 2.33. The van der Waals surface area contributed by atoms with Crippen LogP contribution in [0.4, 0.5) is 18.2 Å². The topological polar surface area (TPSA) is 80.3 Å². The number of rotatable bonds is 17. The minimum Gasteiger partial charge on any atom is -0.313 e. The lowest BCUT2D eigenvalue weighted by Crippen LogP contribution is -2.39. The summed E-state index contributed by atoms with van der Waals surface area (Å²) in [6.07, 6.45) is -0.100. The zero-order chi connectivity index (χ0) is 36.3. The number of amides is 2. The number of fused-ring (bicyclic) bond motifs is 1. The summed E-state index contributed by atoms with van der Waals surface area (Å²) in [5, 5.41) is 6.95. The fourth-order valence-electron chi connectivity index (χ4n) is 6.12. The maximum absolute atomic E-state index is 13.7. The number of hydrogen-bond donors (Lipinski definition) is 2. The number of hydrogen-bond acceptors (Lipinski definition) is 7. The van der Waals surface area contributed by atoms with Crippen LogP contribution in [0, 0.1) is 0 Å². The molecule has 0 fully saturated rings. The fourth-order valence-corrected chi connectivity index (χ4v) is 7.62. The molecule has 2 aromatic carbocycles. The van der Waals surface area contributed by atoms with Gasteiger partial charge in [0, 0.05) is 43.2 Å². The van der Waals surface area contributed by atoms with Gasteiger partial charge in [0.2, 0.25) is 0 Å². The molecular formula is C37H48ClF3N6O2S. The highest BCUT2D eigenvalue weighted by atomic mass is 35.5. The third kappa shape index (κ3) is 10.9. The van der Waals surface area contributed by atoms with Crippen molar-refractivity contribution in [3.05, 3.63) is 85.7 Å². The molecule has 2 amide bonds. The number of aryl methyl sites for hydroxylation is 1. The molecule has 0 radical (unpaired) electrons. The predicted molar refractivity (Wildman–Crippen MR) is 198 cm³/mol. The van der Waals surface area contributed by atoms with Crippen molar-refractivity contribution in [3.63, 3.8) is 0 Å². The summed E-state index contributed by atoms with van der Waals surface area (Å²) in [4.78, 5) is 35.5. The lowest BCUT2D eigenvalue weighted by atomic mass is 9.95. The monoisotopic (exact) mass is 732 g/mol. The Morgan fingerprint density at radius 1 is 0.880 bits per heavy atom. The average molecular weight is 733 g/mol. The predicted octanol–water partition coefficient (Wildman–Crippen LogP) is 7.80. The van der Waals surface area contributed by atoms with E-state index in [4.69, 9.17) is 11.6 Å². The van der Waals surface area contributed by atoms with Gasteiger partial charge in [-0.3, -0.25) is 14.5 Å². The minimum absolute atomic E-state index is 0.127. The van der Waals surface area contributed by atoms with E-state index in [1.807, 2.05) is 18.2 Å². The summed E-state index contributed by atoms with van der Waals surface area (Å²) in [5.41, 5.74) is 4.35. The van der Waals surface area contributed by atoms with Crippen LogP contribution in [-0.4, -0.2) is 85.1 Å². The number of halogens is 4. The first-order chi connectivity index (χ1) is 24.0. The molecule has 3 aromatic rings. The molecule has 1 aliphatic rings. The Hall–Kier alpha value is -3.29. The highest BCUT2D eigenvalue weighted by molar-refractivity contribution is 7.17. The van der Waals surface area contributed by atoms with Crippen molar-refractivity contribution in [3.8, 4) is 0 Å². The van der Waals surface area contributed by atoms with E-state index in [1.165, 1.54) is 17.4 Å².